The van der Waals surface area contributed by atoms with Gasteiger partial charge in [0.25, 0.3) is 0 Å². The standard InChI is InChI=1S/C10H13ClO/c1-2-10(11)12-8-9-6-4-3-5-7-9/h3-7,10H,2,8H2,1H3. The van der Waals surface area contributed by atoms with E-state index in [9.17, 15) is 0 Å². The predicted molar refractivity (Wildman–Crippen MR) is 51.2 cm³/mol. The van der Waals surface area contributed by atoms with Crippen LogP contribution in [-0.2, 0) is 11.3 Å². The van der Waals surface area contributed by atoms with Crippen LogP contribution in [-0.4, -0.2) is 5.56 Å². The van der Waals surface area contributed by atoms with Crippen molar-refractivity contribution >= 4 is 11.6 Å². The van der Waals surface area contributed by atoms with E-state index in [1.807, 2.05) is 37.3 Å². The fourth-order valence-corrected chi connectivity index (χ4v) is 0.942. The third kappa shape index (κ3) is 3.24. The summed E-state index contributed by atoms with van der Waals surface area (Å²) in [4.78, 5) is 0. The molecule has 1 aromatic rings. The van der Waals surface area contributed by atoms with Crippen LogP contribution in [0.5, 0.6) is 0 Å². The Hall–Kier alpha value is -0.530. The lowest BCUT2D eigenvalue weighted by atomic mass is 10.2. The maximum Gasteiger partial charge on any atom is 0.131 e. The van der Waals surface area contributed by atoms with Gasteiger partial charge in [-0.2, -0.15) is 0 Å². The van der Waals surface area contributed by atoms with Gasteiger partial charge in [0.2, 0.25) is 0 Å². The molecule has 0 heterocycles. The van der Waals surface area contributed by atoms with Gasteiger partial charge in [0.1, 0.15) is 5.56 Å². The fraction of sp³-hybridized carbons (Fsp3) is 0.400. The molecule has 2 heteroatoms. The van der Waals surface area contributed by atoms with Gasteiger partial charge in [-0.15, -0.1) is 0 Å². The van der Waals surface area contributed by atoms with Crippen molar-refractivity contribution in [2.75, 3.05) is 0 Å². The average molecular weight is 185 g/mol. The number of rotatable bonds is 4. The maximum atomic E-state index is 5.79. The van der Waals surface area contributed by atoms with Crippen molar-refractivity contribution in [2.24, 2.45) is 0 Å². The Bertz CT molecular complexity index is 210. The van der Waals surface area contributed by atoms with Gasteiger partial charge in [0.15, 0.2) is 0 Å². The monoisotopic (exact) mass is 184 g/mol. The summed E-state index contributed by atoms with van der Waals surface area (Å²) in [5.41, 5.74) is 1.00. The van der Waals surface area contributed by atoms with Crippen LogP contribution in [0.15, 0.2) is 30.3 Å². The number of hydrogen-bond donors (Lipinski definition) is 0. The molecule has 1 atom stereocenters. The van der Waals surface area contributed by atoms with E-state index < -0.39 is 0 Å². The number of benzene rings is 1. The van der Waals surface area contributed by atoms with Gasteiger partial charge in [-0.25, -0.2) is 0 Å². The zero-order valence-corrected chi connectivity index (χ0v) is 7.92. The van der Waals surface area contributed by atoms with Crippen LogP contribution in [0.2, 0.25) is 0 Å². The molecule has 1 unspecified atom stereocenters. The second kappa shape index (κ2) is 5.18. The number of alkyl halides is 1. The van der Waals surface area contributed by atoms with Crippen LogP contribution >= 0.6 is 11.6 Å². The van der Waals surface area contributed by atoms with Crippen LogP contribution in [0.1, 0.15) is 18.9 Å². The van der Waals surface area contributed by atoms with Crippen molar-refractivity contribution < 1.29 is 4.74 Å². The molecule has 66 valence electrons. The second-order valence-electron chi connectivity index (χ2n) is 2.61. The summed E-state index contributed by atoms with van der Waals surface area (Å²) >= 11 is 5.79. The van der Waals surface area contributed by atoms with E-state index in [1.54, 1.807) is 0 Å². The summed E-state index contributed by atoms with van der Waals surface area (Å²) in [6.45, 7) is 2.60. The molecule has 0 fully saturated rings. The average Bonchev–Trinajstić information content (AvgIpc) is 2.16. The van der Waals surface area contributed by atoms with Gasteiger partial charge in [-0.3, -0.25) is 0 Å². The lowest BCUT2D eigenvalue weighted by Crippen LogP contribution is -2.02. The Kier molecular flexibility index (Phi) is 4.12. The predicted octanol–water partition coefficient (Wildman–Crippen LogP) is 3.18. The van der Waals surface area contributed by atoms with E-state index in [4.69, 9.17) is 16.3 Å². The molecule has 0 bridgehead atoms. The highest BCUT2D eigenvalue weighted by molar-refractivity contribution is 6.19. The minimum Gasteiger partial charge on any atom is -0.358 e. The smallest absolute Gasteiger partial charge is 0.131 e. The van der Waals surface area contributed by atoms with Crippen molar-refractivity contribution in [2.45, 2.75) is 25.5 Å². The second-order valence-corrected chi connectivity index (χ2v) is 3.10. The molecule has 0 aliphatic rings. The molecule has 0 saturated heterocycles. The first kappa shape index (κ1) is 9.56. The minimum absolute atomic E-state index is 0.162. The van der Waals surface area contributed by atoms with Crippen molar-refractivity contribution in [1.82, 2.24) is 0 Å². The van der Waals surface area contributed by atoms with Crippen LogP contribution in [0.4, 0.5) is 0 Å². The molecule has 1 aromatic carbocycles. The highest BCUT2D eigenvalue weighted by Crippen LogP contribution is 2.07. The summed E-state index contributed by atoms with van der Waals surface area (Å²) in [5, 5.41) is 0. The molecule has 0 aliphatic heterocycles. The van der Waals surface area contributed by atoms with Crippen molar-refractivity contribution in [1.29, 1.82) is 0 Å². The van der Waals surface area contributed by atoms with E-state index in [2.05, 4.69) is 0 Å². The van der Waals surface area contributed by atoms with Gasteiger partial charge in [0.05, 0.1) is 6.61 Å². The first-order chi connectivity index (χ1) is 5.83. The van der Waals surface area contributed by atoms with E-state index in [0.717, 1.165) is 12.0 Å². The van der Waals surface area contributed by atoms with Crippen LogP contribution in [0.25, 0.3) is 0 Å². The Morgan fingerprint density at radius 2 is 2.00 bits per heavy atom. The molecular weight excluding hydrogens is 172 g/mol. The molecule has 0 radical (unpaired) electrons. The third-order valence-corrected chi connectivity index (χ3v) is 2.03. The zero-order valence-electron chi connectivity index (χ0n) is 7.16. The van der Waals surface area contributed by atoms with E-state index in [-0.39, 0.29) is 5.56 Å². The summed E-state index contributed by atoms with van der Waals surface area (Å²) in [6, 6.07) is 10.0. The molecule has 0 saturated carbocycles. The zero-order chi connectivity index (χ0) is 8.81. The molecule has 12 heavy (non-hydrogen) atoms. The fourth-order valence-electron chi connectivity index (χ4n) is 0.879. The molecule has 0 spiro atoms. The quantitative estimate of drug-likeness (QED) is 0.654. The van der Waals surface area contributed by atoms with Crippen LogP contribution in [0.3, 0.4) is 0 Å². The molecule has 1 rings (SSSR count). The lowest BCUT2D eigenvalue weighted by molar-refractivity contribution is 0.0918. The van der Waals surface area contributed by atoms with E-state index in [1.165, 1.54) is 0 Å². The van der Waals surface area contributed by atoms with Crippen LogP contribution < -0.4 is 0 Å². The first-order valence-corrected chi connectivity index (χ1v) is 4.56. The Morgan fingerprint density at radius 1 is 1.33 bits per heavy atom. The summed E-state index contributed by atoms with van der Waals surface area (Å²) in [6.07, 6.45) is 0.842. The molecular formula is C10H13ClO. The van der Waals surface area contributed by atoms with Gasteiger partial charge in [-0.05, 0) is 12.0 Å². The highest BCUT2D eigenvalue weighted by atomic mass is 35.5. The maximum absolute atomic E-state index is 5.79. The summed E-state index contributed by atoms with van der Waals surface area (Å²) in [7, 11) is 0. The molecule has 0 aromatic heterocycles. The highest BCUT2D eigenvalue weighted by Gasteiger charge is 1.99. The summed E-state index contributed by atoms with van der Waals surface area (Å²) in [5.74, 6) is 0. The van der Waals surface area contributed by atoms with Crippen molar-refractivity contribution in [3.63, 3.8) is 0 Å². The molecule has 0 N–H and O–H groups in total. The van der Waals surface area contributed by atoms with Crippen LogP contribution in [0, 0.1) is 0 Å². The largest absolute Gasteiger partial charge is 0.358 e. The van der Waals surface area contributed by atoms with Gasteiger partial charge in [-0.1, -0.05) is 48.9 Å². The van der Waals surface area contributed by atoms with E-state index in [0.29, 0.717) is 6.61 Å². The van der Waals surface area contributed by atoms with Gasteiger partial charge < -0.3 is 4.74 Å². The Balaban J connectivity index is 2.33. The first-order valence-electron chi connectivity index (χ1n) is 4.12. The molecule has 0 aliphatic carbocycles. The summed E-state index contributed by atoms with van der Waals surface area (Å²) < 4.78 is 5.34. The normalized spacial score (nSPS) is 12.8. The topological polar surface area (TPSA) is 9.23 Å². The van der Waals surface area contributed by atoms with Gasteiger partial charge in [0, 0.05) is 0 Å². The van der Waals surface area contributed by atoms with E-state index >= 15 is 0 Å². The Labute approximate surface area is 78.3 Å². The Morgan fingerprint density at radius 3 is 2.58 bits per heavy atom. The molecule has 0 amide bonds. The minimum atomic E-state index is -0.162. The lowest BCUT2D eigenvalue weighted by Gasteiger charge is -2.07. The number of ether oxygens (including phenoxy) is 1. The SMILES string of the molecule is CCC(Cl)OCc1ccccc1. The third-order valence-electron chi connectivity index (χ3n) is 1.59. The van der Waals surface area contributed by atoms with Gasteiger partial charge >= 0.3 is 0 Å². The van der Waals surface area contributed by atoms with Crippen molar-refractivity contribution in [3.05, 3.63) is 35.9 Å². The molecule has 1 nitrogen and oxygen atoms in total. The van der Waals surface area contributed by atoms with Crippen molar-refractivity contribution in [3.8, 4) is 0 Å². The number of halogens is 1. The number of hydrogen-bond acceptors (Lipinski definition) is 1.